The van der Waals surface area contributed by atoms with Crippen molar-refractivity contribution >= 4 is 84.6 Å². The lowest BCUT2D eigenvalue weighted by atomic mass is 9.99. The fourth-order valence-corrected chi connectivity index (χ4v) is 10.5. The molecule has 0 aliphatic heterocycles. The molecule has 0 unspecified atom stereocenters. The molecule has 0 aliphatic rings. The number of para-hydroxylation sites is 2. The second kappa shape index (κ2) is 29.7. The van der Waals surface area contributed by atoms with E-state index in [4.69, 9.17) is 52.1 Å². The van der Waals surface area contributed by atoms with E-state index in [1.807, 2.05) is 111 Å². The SMILES string of the molecule is CCOP(=O)(CC(=O)NCc1ccccc1Nc1ccc(C(=O)c2ccccc2C)c(Cl)c1)OCC.CCOP(=O)(CC(=O)O)OCC.Cc1ccccc1C(=O)c1ccc(Nc2ccccc2CN)cc1Cl. The van der Waals surface area contributed by atoms with Crippen molar-refractivity contribution in [2.24, 2.45) is 5.73 Å². The van der Waals surface area contributed by atoms with E-state index in [1.54, 1.807) is 64.1 Å². The van der Waals surface area contributed by atoms with Gasteiger partial charge in [0.15, 0.2) is 11.6 Å². The zero-order valence-corrected chi connectivity index (χ0v) is 44.9. The zero-order valence-electron chi connectivity index (χ0n) is 41.6. The number of nitrogens with two attached hydrogens (primary N) is 1. The van der Waals surface area contributed by atoms with E-state index in [1.165, 1.54) is 0 Å². The van der Waals surface area contributed by atoms with Crippen molar-refractivity contribution in [3.05, 3.63) is 188 Å². The lowest BCUT2D eigenvalue weighted by Crippen LogP contribution is -2.27. The van der Waals surface area contributed by atoms with Crippen molar-refractivity contribution in [3.8, 4) is 0 Å². The molecule has 0 aliphatic carbocycles. The molecule has 15 nitrogen and oxygen atoms in total. The first-order chi connectivity index (χ1) is 34.9. The highest BCUT2D eigenvalue weighted by Gasteiger charge is 2.28. The van der Waals surface area contributed by atoms with E-state index in [2.05, 4.69) is 16.0 Å². The summed E-state index contributed by atoms with van der Waals surface area (Å²) in [6.45, 7) is 11.9. The summed E-state index contributed by atoms with van der Waals surface area (Å²) in [5, 5.41) is 18.5. The summed E-state index contributed by atoms with van der Waals surface area (Å²) in [6, 6.07) is 40.7. The second-order valence-corrected chi connectivity index (χ2v) is 20.7. The van der Waals surface area contributed by atoms with Crippen LogP contribution >= 0.6 is 38.4 Å². The number of hydrogen-bond acceptors (Lipinski definition) is 13. The van der Waals surface area contributed by atoms with Gasteiger partial charge in [0, 0.05) is 58.1 Å². The molecule has 0 bridgehead atoms. The summed E-state index contributed by atoms with van der Waals surface area (Å²) < 4.78 is 43.9. The minimum atomic E-state index is -3.48. The van der Waals surface area contributed by atoms with Crippen LogP contribution in [0.1, 0.15) is 81.8 Å². The van der Waals surface area contributed by atoms with E-state index < -0.39 is 33.2 Å². The second-order valence-electron chi connectivity index (χ2n) is 15.8. The van der Waals surface area contributed by atoms with Crippen molar-refractivity contribution in [2.75, 3.05) is 49.4 Å². The normalized spacial score (nSPS) is 11.0. The molecule has 0 heterocycles. The van der Waals surface area contributed by atoms with Crippen molar-refractivity contribution in [1.29, 1.82) is 0 Å². The van der Waals surface area contributed by atoms with E-state index >= 15 is 0 Å². The maximum absolute atomic E-state index is 13.0. The van der Waals surface area contributed by atoms with Gasteiger partial charge in [-0.25, -0.2) is 0 Å². The van der Waals surface area contributed by atoms with E-state index in [9.17, 15) is 28.3 Å². The van der Waals surface area contributed by atoms with E-state index in [-0.39, 0.29) is 50.7 Å². The predicted octanol–water partition coefficient (Wildman–Crippen LogP) is 12.9. The Hall–Kier alpha value is -5.96. The molecule has 0 aromatic heterocycles. The lowest BCUT2D eigenvalue weighted by molar-refractivity contribution is -0.134. The largest absolute Gasteiger partial charge is 0.481 e. The number of aryl methyl sites for hydroxylation is 2. The third-order valence-electron chi connectivity index (χ3n) is 10.5. The molecule has 0 fully saturated rings. The molecule has 6 rings (SSSR count). The zero-order chi connectivity index (χ0) is 53.6. The summed E-state index contributed by atoms with van der Waals surface area (Å²) in [5.74, 6) is -1.82. The molecule has 6 N–H and O–H groups in total. The van der Waals surface area contributed by atoms with Crippen LogP contribution in [0.4, 0.5) is 22.7 Å². The quantitative estimate of drug-likeness (QED) is 0.0298. The van der Waals surface area contributed by atoms with Crippen LogP contribution in [-0.2, 0) is 49.9 Å². The Balaban J connectivity index is 0.000000269. The minimum absolute atomic E-state index is 0.0722. The highest BCUT2D eigenvalue weighted by molar-refractivity contribution is 7.55. The summed E-state index contributed by atoms with van der Waals surface area (Å²) in [7, 11) is -6.85. The summed E-state index contributed by atoms with van der Waals surface area (Å²) >= 11 is 12.9. The standard InChI is InChI=1S/C27H30ClN2O5P.C21H19ClN2O.C6H13O5P/c1-4-34-36(33,35-5-2)18-26(31)29-17-20-11-7-9-13-25(20)30-21-14-15-23(24(28)16-21)27(32)22-12-8-6-10-19(22)3;1-14-6-2-4-8-17(14)21(25)18-11-10-16(12-19(18)22)24-20-9-5-3-7-15(20)13-23;1-3-10-12(9,11-4-2)5-6(7)8/h6-16,30H,4-5,17-18H2,1-3H3,(H,29,31);2-12,24H,13,23H2,1H3;3-5H2,1-2H3,(H,7,8). The van der Waals surface area contributed by atoms with Crippen LogP contribution in [0.5, 0.6) is 0 Å². The third-order valence-corrected chi connectivity index (χ3v) is 15.0. The Morgan fingerprint density at radius 3 is 1.32 bits per heavy atom. The van der Waals surface area contributed by atoms with Crippen LogP contribution in [0.3, 0.4) is 0 Å². The highest BCUT2D eigenvalue weighted by atomic mass is 35.5. The molecular formula is C54H62Cl2N4O11P2. The van der Waals surface area contributed by atoms with Crippen molar-refractivity contribution in [2.45, 2.75) is 54.6 Å². The number of hydrogen-bond donors (Lipinski definition) is 5. The number of amides is 1. The van der Waals surface area contributed by atoms with Crippen LogP contribution < -0.4 is 21.7 Å². The van der Waals surface area contributed by atoms with Crippen LogP contribution in [0.25, 0.3) is 0 Å². The first-order valence-corrected chi connectivity index (χ1v) is 27.6. The fraction of sp³-hybridized carbons (Fsp3) is 0.259. The van der Waals surface area contributed by atoms with Crippen LogP contribution in [0.2, 0.25) is 10.0 Å². The molecule has 19 heteroatoms. The maximum Gasteiger partial charge on any atom is 0.341 e. The molecule has 73 heavy (non-hydrogen) atoms. The Morgan fingerprint density at radius 2 is 0.918 bits per heavy atom. The number of carboxylic acids is 1. The number of anilines is 4. The van der Waals surface area contributed by atoms with E-state index in [0.29, 0.717) is 44.5 Å². The molecule has 0 atom stereocenters. The molecular weight excluding hydrogens is 1010 g/mol. The number of carbonyl (C=O) groups is 4. The fourth-order valence-electron chi connectivity index (χ4n) is 7.06. The molecule has 0 spiro atoms. The van der Waals surface area contributed by atoms with Gasteiger partial charge in [0.25, 0.3) is 0 Å². The number of carboxylic acid groups (broad SMARTS) is 1. The summed E-state index contributed by atoms with van der Waals surface area (Å²) in [4.78, 5) is 48.4. The minimum Gasteiger partial charge on any atom is -0.481 e. The molecule has 0 saturated heterocycles. The first-order valence-electron chi connectivity index (χ1n) is 23.3. The molecule has 6 aromatic carbocycles. The van der Waals surface area contributed by atoms with Gasteiger partial charge in [0.05, 0.1) is 36.5 Å². The Bertz CT molecular complexity index is 2920. The van der Waals surface area contributed by atoms with Gasteiger partial charge in [-0.15, -0.1) is 0 Å². The lowest BCUT2D eigenvalue weighted by Gasteiger charge is -2.17. The third kappa shape index (κ3) is 18.5. The average Bonchev–Trinajstić information content (AvgIpc) is 3.34. The number of carbonyl (C=O) groups excluding carboxylic acids is 3. The smallest absolute Gasteiger partial charge is 0.341 e. The summed E-state index contributed by atoms with van der Waals surface area (Å²) in [6.07, 6.45) is -0.926. The van der Waals surface area contributed by atoms with Crippen LogP contribution in [0, 0.1) is 13.8 Å². The average molecular weight is 1080 g/mol. The topological polar surface area (TPSA) is 222 Å². The number of benzene rings is 6. The molecule has 6 aromatic rings. The predicted molar refractivity (Wildman–Crippen MR) is 290 cm³/mol. The number of halogens is 2. The van der Waals surface area contributed by atoms with Gasteiger partial charge in [-0.05, 0) is 112 Å². The molecule has 0 radical (unpaired) electrons. The monoisotopic (exact) mass is 1070 g/mol. The maximum atomic E-state index is 13.0. The Kier molecular flexibility index (Phi) is 24.2. The Labute approximate surface area is 437 Å². The van der Waals surface area contributed by atoms with Gasteiger partial charge in [-0.2, -0.15) is 0 Å². The molecule has 0 saturated carbocycles. The molecule has 388 valence electrons. The van der Waals surface area contributed by atoms with E-state index in [0.717, 1.165) is 39.3 Å². The van der Waals surface area contributed by atoms with Crippen molar-refractivity contribution in [3.63, 3.8) is 0 Å². The van der Waals surface area contributed by atoms with Crippen LogP contribution in [-0.4, -0.2) is 67.3 Å². The van der Waals surface area contributed by atoms with Gasteiger partial charge in [-0.3, -0.25) is 28.3 Å². The van der Waals surface area contributed by atoms with Gasteiger partial charge in [0.2, 0.25) is 5.91 Å². The number of ketones is 2. The number of nitrogens with one attached hydrogen (secondary N) is 3. The number of rotatable bonds is 23. The van der Waals surface area contributed by atoms with Crippen LogP contribution in [0.15, 0.2) is 133 Å². The molecule has 1 amide bonds. The van der Waals surface area contributed by atoms with Gasteiger partial charge in [0.1, 0.15) is 12.3 Å². The Morgan fingerprint density at radius 1 is 0.534 bits per heavy atom. The van der Waals surface area contributed by atoms with Crippen molar-refractivity contribution < 1.29 is 51.5 Å². The summed E-state index contributed by atoms with van der Waals surface area (Å²) in [5.41, 5.74) is 14.8. The number of aliphatic carboxylic acids is 1. The first kappa shape index (κ1) is 59.6. The van der Waals surface area contributed by atoms with Gasteiger partial charge in [-0.1, -0.05) is 108 Å². The highest BCUT2D eigenvalue weighted by Crippen LogP contribution is 2.48. The van der Waals surface area contributed by atoms with Gasteiger partial charge < -0.3 is 44.9 Å². The van der Waals surface area contributed by atoms with Crippen molar-refractivity contribution in [1.82, 2.24) is 5.32 Å². The van der Waals surface area contributed by atoms with Gasteiger partial charge >= 0.3 is 21.2 Å².